The number of hydrogen-bond acceptors (Lipinski definition) is 9. The molecule has 0 saturated carbocycles. The molecule has 12 nitrogen and oxygen atoms in total. The molecule has 0 saturated heterocycles. The quantitative estimate of drug-likeness (QED) is 0.0711. The van der Waals surface area contributed by atoms with Crippen LogP contribution < -0.4 is 26.9 Å². The molecule has 6 N–H and O–H groups in total. The fourth-order valence-corrected chi connectivity index (χ4v) is 3.35. The van der Waals surface area contributed by atoms with E-state index in [0.29, 0.717) is 17.8 Å². The van der Waals surface area contributed by atoms with Gasteiger partial charge in [0.05, 0.1) is 6.54 Å². The number of pyridine rings is 1. The van der Waals surface area contributed by atoms with Crippen LogP contribution in [0.2, 0.25) is 0 Å². The van der Waals surface area contributed by atoms with Crippen molar-refractivity contribution in [2.24, 2.45) is 0 Å². The maximum absolute atomic E-state index is 12.6. The van der Waals surface area contributed by atoms with Crippen molar-refractivity contribution in [1.29, 1.82) is 5.39 Å². The van der Waals surface area contributed by atoms with Crippen molar-refractivity contribution >= 4 is 23.8 Å². The van der Waals surface area contributed by atoms with Gasteiger partial charge in [-0.15, -0.1) is 0 Å². The Morgan fingerprint density at radius 3 is 2.33 bits per heavy atom. The van der Waals surface area contributed by atoms with Crippen LogP contribution >= 0.6 is 0 Å². The highest BCUT2D eigenvalue weighted by atomic mass is 16.5. The molecular formula is C27H27N8O4+. The van der Waals surface area contributed by atoms with E-state index in [2.05, 4.69) is 43.3 Å². The number of rotatable bonds is 11. The van der Waals surface area contributed by atoms with Gasteiger partial charge in [-0.1, -0.05) is 17.9 Å². The summed E-state index contributed by atoms with van der Waals surface area (Å²) in [4.78, 5) is 40.3. The van der Waals surface area contributed by atoms with E-state index < -0.39 is 17.6 Å². The van der Waals surface area contributed by atoms with Crippen LogP contribution in [0, 0.1) is 17.2 Å². The van der Waals surface area contributed by atoms with Gasteiger partial charge in [0, 0.05) is 41.3 Å². The van der Waals surface area contributed by atoms with E-state index in [1.807, 2.05) is 12.1 Å². The second kappa shape index (κ2) is 14.0. The highest BCUT2D eigenvalue weighted by Gasteiger charge is 2.41. The first-order valence-corrected chi connectivity index (χ1v) is 11.8. The number of aldehydes is 1. The van der Waals surface area contributed by atoms with Gasteiger partial charge < -0.3 is 21.2 Å². The molecule has 3 aromatic rings. The molecule has 0 aliphatic carbocycles. The summed E-state index contributed by atoms with van der Waals surface area (Å²) in [6, 6.07) is 16.2. The smallest absolute Gasteiger partial charge is 0.303 e. The third-order valence-corrected chi connectivity index (χ3v) is 5.63. The fraction of sp³-hybridized carbons (Fsp3) is 0.185. The van der Waals surface area contributed by atoms with Crippen molar-refractivity contribution < 1.29 is 19.6 Å². The van der Waals surface area contributed by atoms with Gasteiger partial charge in [-0.2, -0.15) is 5.48 Å². The first kappa shape index (κ1) is 28.4. The Hall–Kier alpha value is -5.14. The fourth-order valence-electron chi connectivity index (χ4n) is 3.35. The summed E-state index contributed by atoms with van der Waals surface area (Å²) in [6.07, 6.45) is 3.71. The van der Waals surface area contributed by atoms with Gasteiger partial charge in [-0.3, -0.25) is 19.4 Å². The zero-order valence-corrected chi connectivity index (χ0v) is 21.0. The van der Waals surface area contributed by atoms with Crippen LogP contribution in [0.1, 0.15) is 34.0 Å². The Balaban J connectivity index is 1.54. The highest BCUT2D eigenvalue weighted by molar-refractivity contribution is 5.96. The Labute approximate surface area is 224 Å². The van der Waals surface area contributed by atoms with Gasteiger partial charge in [-0.05, 0) is 72.5 Å². The molecular weight excluding hydrogens is 500 g/mol. The van der Waals surface area contributed by atoms with Crippen LogP contribution in [0.15, 0.2) is 73.1 Å². The molecule has 198 valence electrons. The number of carbonyl (C=O) groups is 3. The molecule has 0 unspecified atom stereocenters. The van der Waals surface area contributed by atoms with Gasteiger partial charge in [0.2, 0.25) is 5.91 Å². The van der Waals surface area contributed by atoms with Crippen LogP contribution in [-0.4, -0.2) is 46.5 Å². The molecule has 3 rings (SSSR count). The number of nitrogens with zero attached hydrogens (tertiary/aromatic N) is 3. The molecule has 39 heavy (non-hydrogen) atoms. The van der Waals surface area contributed by atoms with Crippen LogP contribution in [-0.2, 0) is 16.1 Å². The Morgan fingerprint density at radius 2 is 1.77 bits per heavy atom. The van der Waals surface area contributed by atoms with Crippen LogP contribution in [0.25, 0.3) is 5.08 Å². The number of diazo groups is 1. The molecule has 2 atom stereocenters. The van der Waals surface area contributed by atoms with Crippen molar-refractivity contribution in [2.75, 3.05) is 11.9 Å². The predicted octanol–water partition coefficient (Wildman–Crippen LogP) is 1.56. The van der Waals surface area contributed by atoms with E-state index >= 15 is 0 Å². The molecule has 0 spiro atoms. The molecule has 0 bridgehead atoms. The molecule has 1 aromatic heterocycles. The van der Waals surface area contributed by atoms with E-state index in [0.717, 1.165) is 11.1 Å². The highest BCUT2D eigenvalue weighted by Crippen LogP contribution is 2.11. The van der Waals surface area contributed by atoms with E-state index in [9.17, 15) is 19.6 Å². The van der Waals surface area contributed by atoms with Gasteiger partial charge in [0.1, 0.15) is 6.04 Å². The number of benzene rings is 2. The third kappa shape index (κ3) is 8.18. The Bertz CT molecular complexity index is 1380. The van der Waals surface area contributed by atoms with Crippen molar-refractivity contribution in [2.45, 2.75) is 25.2 Å². The Kier molecular flexibility index (Phi) is 10.2. The average molecular weight is 528 g/mol. The minimum atomic E-state index is -1.93. The maximum Gasteiger partial charge on any atom is 0.303 e. The Morgan fingerprint density at radius 1 is 1.10 bits per heavy atom. The second-order valence-electron chi connectivity index (χ2n) is 8.42. The van der Waals surface area contributed by atoms with Crippen molar-refractivity contribution in [1.82, 2.24) is 26.5 Å². The largest absolute Gasteiger partial charge is 0.325 e. The minimum Gasteiger partial charge on any atom is -0.325 e. The van der Waals surface area contributed by atoms with Crippen LogP contribution in [0.4, 0.5) is 5.69 Å². The molecule has 2 aromatic carbocycles. The number of anilines is 1. The summed E-state index contributed by atoms with van der Waals surface area (Å²) in [6.45, 7) is 2.11. The summed E-state index contributed by atoms with van der Waals surface area (Å²) in [5.74, 6) is 5.18. The number of nitrogens with one attached hydrogen (secondary N) is 5. The minimum absolute atomic E-state index is 0.158. The molecule has 2 amide bonds. The SMILES string of the molecule is C[C@@H](N[N+]#N)[C@@](C=O)(NO)NC(=O)c1ccc(C#Cc2ccc(NC(=O)CNCc3cccnc3)cc2)cc1. The van der Waals surface area contributed by atoms with E-state index in [-0.39, 0.29) is 24.3 Å². The lowest BCUT2D eigenvalue weighted by molar-refractivity contribution is -0.120. The van der Waals surface area contributed by atoms with E-state index in [4.69, 9.17) is 5.39 Å². The topological polar surface area (TPSA) is 173 Å². The van der Waals surface area contributed by atoms with Gasteiger partial charge >= 0.3 is 5.08 Å². The zero-order valence-electron chi connectivity index (χ0n) is 21.0. The molecule has 0 fully saturated rings. The van der Waals surface area contributed by atoms with Crippen molar-refractivity contribution in [3.05, 3.63) is 100 Å². The average Bonchev–Trinajstić information content (AvgIpc) is 2.96. The number of hydroxylamine groups is 1. The molecule has 0 radical (unpaired) electrons. The lowest BCUT2D eigenvalue weighted by atomic mass is 10.0. The summed E-state index contributed by atoms with van der Waals surface area (Å²) >= 11 is 0. The first-order chi connectivity index (χ1) is 18.9. The predicted molar refractivity (Wildman–Crippen MR) is 142 cm³/mol. The lowest BCUT2D eigenvalue weighted by Gasteiger charge is -2.29. The summed E-state index contributed by atoms with van der Waals surface area (Å²) in [5, 5.41) is 29.1. The van der Waals surface area contributed by atoms with Crippen molar-refractivity contribution in [3.8, 4) is 11.8 Å². The van der Waals surface area contributed by atoms with Gasteiger partial charge in [-0.25, -0.2) is 0 Å². The number of carbonyl (C=O) groups excluding carboxylic acids is 3. The van der Waals surface area contributed by atoms with E-state index in [1.165, 1.54) is 19.1 Å². The zero-order chi connectivity index (χ0) is 28.1. The number of aromatic nitrogens is 1. The van der Waals surface area contributed by atoms with Crippen LogP contribution in [0.3, 0.4) is 0 Å². The monoisotopic (exact) mass is 527 g/mol. The van der Waals surface area contributed by atoms with Gasteiger partial charge in [0.25, 0.3) is 11.3 Å². The third-order valence-electron chi connectivity index (χ3n) is 5.63. The molecule has 0 aliphatic heterocycles. The van der Waals surface area contributed by atoms with Gasteiger partial charge in [0.15, 0.2) is 11.9 Å². The molecule has 1 heterocycles. The molecule has 12 heteroatoms. The maximum atomic E-state index is 12.6. The van der Waals surface area contributed by atoms with Crippen molar-refractivity contribution in [3.63, 3.8) is 0 Å². The lowest BCUT2D eigenvalue weighted by Crippen LogP contribution is -2.68. The number of amides is 2. The normalized spacial score (nSPS) is 12.4. The van der Waals surface area contributed by atoms with Crippen LogP contribution in [0.5, 0.6) is 0 Å². The standard InChI is InChI=1S/C27H26N8O4/c1-19(33-35-28)27(18-36,34-39)32-26(38)23-10-6-20(7-11-23)4-5-21-8-12-24(13-9-21)31-25(37)17-30-16-22-3-2-14-29-15-22/h2-3,6-15,18-19,30,33-34,39H,16-17H2,1H3,(H-,31,32,37,38)/p+1/t19-,27-/m1/s1. The summed E-state index contributed by atoms with van der Waals surface area (Å²) < 4.78 is 0. The summed E-state index contributed by atoms with van der Waals surface area (Å²) in [5.41, 5.74) is 5.21. The second-order valence-corrected chi connectivity index (χ2v) is 8.42. The molecule has 0 aliphatic rings. The number of hydrogen-bond donors (Lipinski definition) is 6. The summed E-state index contributed by atoms with van der Waals surface area (Å²) in [7, 11) is 0. The first-order valence-electron chi connectivity index (χ1n) is 11.8. The van der Waals surface area contributed by atoms with E-state index in [1.54, 1.807) is 54.3 Å².